The third-order valence-electron chi connectivity index (χ3n) is 4.89. The van der Waals surface area contributed by atoms with Crippen LogP contribution in [0.15, 0.2) is 30.6 Å². The number of nitrogen functional groups attached to an aromatic ring is 1. The highest BCUT2D eigenvalue weighted by Crippen LogP contribution is 2.35. The summed E-state index contributed by atoms with van der Waals surface area (Å²) in [4.78, 5) is 36.3. The van der Waals surface area contributed by atoms with Crippen molar-refractivity contribution in [2.75, 3.05) is 18.1 Å². The number of nitrogens with one attached hydrogen (secondary N) is 2. The van der Waals surface area contributed by atoms with Crippen molar-refractivity contribution in [3.05, 3.63) is 42.1 Å². The molecule has 1 aliphatic rings. The molecule has 0 spiro atoms. The summed E-state index contributed by atoms with van der Waals surface area (Å²) in [6.07, 6.45) is 2.33. The summed E-state index contributed by atoms with van der Waals surface area (Å²) in [5.74, 6) is -0.913. The van der Waals surface area contributed by atoms with Crippen molar-refractivity contribution in [2.45, 2.75) is 19.5 Å². The molecule has 1 fully saturated rings. The molecular weight excluding hydrogens is 375 g/mol. The molecular formula is C20H19FN6O2. The number of hydrogen-bond donors (Lipinski definition) is 3. The summed E-state index contributed by atoms with van der Waals surface area (Å²) in [7, 11) is 1.51. The normalized spacial score (nSPS) is 17.8. The molecule has 1 aromatic carbocycles. The van der Waals surface area contributed by atoms with Crippen molar-refractivity contribution in [3.8, 4) is 11.1 Å². The van der Waals surface area contributed by atoms with E-state index < -0.39 is 12.1 Å². The van der Waals surface area contributed by atoms with Crippen molar-refractivity contribution >= 4 is 34.1 Å². The van der Waals surface area contributed by atoms with Gasteiger partial charge in [-0.1, -0.05) is 0 Å². The van der Waals surface area contributed by atoms with Gasteiger partial charge in [-0.05, 0) is 42.5 Å². The highest BCUT2D eigenvalue weighted by Gasteiger charge is 2.43. The number of aromatic nitrogens is 3. The lowest BCUT2D eigenvalue weighted by atomic mass is 10.0. The molecule has 0 unspecified atom stereocenters. The Bertz CT molecular complexity index is 1150. The van der Waals surface area contributed by atoms with E-state index in [1.165, 1.54) is 7.05 Å². The zero-order chi connectivity index (χ0) is 20.7. The Balaban J connectivity index is 1.70. The predicted molar refractivity (Wildman–Crippen MR) is 107 cm³/mol. The van der Waals surface area contributed by atoms with Crippen molar-refractivity contribution in [1.29, 1.82) is 0 Å². The van der Waals surface area contributed by atoms with Crippen LogP contribution in [-0.4, -0.2) is 40.0 Å². The van der Waals surface area contributed by atoms with E-state index in [2.05, 4.69) is 25.6 Å². The molecule has 0 aliphatic heterocycles. The molecule has 0 radical (unpaired) electrons. The van der Waals surface area contributed by atoms with Crippen LogP contribution < -0.4 is 16.4 Å². The summed E-state index contributed by atoms with van der Waals surface area (Å²) < 4.78 is 13.1. The van der Waals surface area contributed by atoms with Crippen molar-refractivity contribution < 1.29 is 14.0 Å². The summed E-state index contributed by atoms with van der Waals surface area (Å²) in [5.41, 5.74) is 8.82. The largest absolute Gasteiger partial charge is 0.398 e. The molecule has 4 rings (SSSR count). The zero-order valence-corrected chi connectivity index (χ0v) is 15.9. The number of carbonyl (C=O) groups excluding carboxylic acids is 2. The minimum atomic E-state index is -1.07. The first-order chi connectivity index (χ1) is 13.9. The van der Waals surface area contributed by atoms with Crippen molar-refractivity contribution in [2.24, 2.45) is 5.92 Å². The molecule has 8 nitrogen and oxygen atoms in total. The van der Waals surface area contributed by atoms with Crippen LogP contribution in [0.5, 0.6) is 0 Å². The van der Waals surface area contributed by atoms with E-state index in [1.807, 2.05) is 6.07 Å². The highest BCUT2D eigenvalue weighted by molar-refractivity contribution is 6.00. The van der Waals surface area contributed by atoms with E-state index in [0.29, 0.717) is 17.2 Å². The number of halogens is 1. The number of anilines is 2. The third kappa shape index (κ3) is 3.58. The number of alkyl halides is 1. The zero-order valence-electron chi connectivity index (χ0n) is 15.9. The Labute approximate surface area is 165 Å². The van der Waals surface area contributed by atoms with Gasteiger partial charge in [-0.25, -0.2) is 19.3 Å². The first-order valence-corrected chi connectivity index (χ1v) is 9.07. The second kappa shape index (κ2) is 7.08. The molecule has 148 valence electrons. The third-order valence-corrected chi connectivity index (χ3v) is 4.89. The molecule has 3 aromatic rings. The molecule has 2 amide bonds. The molecule has 1 aliphatic carbocycles. The van der Waals surface area contributed by atoms with Gasteiger partial charge in [-0.2, -0.15) is 0 Å². The summed E-state index contributed by atoms with van der Waals surface area (Å²) in [6.45, 7) is 1.78. The van der Waals surface area contributed by atoms with Gasteiger partial charge in [-0.3, -0.25) is 9.59 Å². The van der Waals surface area contributed by atoms with Crippen LogP contribution in [0.25, 0.3) is 21.9 Å². The van der Waals surface area contributed by atoms with Crippen LogP contribution in [0.4, 0.5) is 15.9 Å². The lowest BCUT2D eigenvalue weighted by molar-refractivity contribution is -0.117. The maximum Gasteiger partial charge on any atom is 0.288 e. The Morgan fingerprint density at radius 3 is 2.62 bits per heavy atom. The topological polar surface area (TPSA) is 123 Å². The first kappa shape index (κ1) is 18.7. The van der Waals surface area contributed by atoms with Crippen LogP contribution in [-0.2, 0) is 4.79 Å². The Hall–Kier alpha value is -3.62. The number of amides is 2. The molecule has 9 heteroatoms. The van der Waals surface area contributed by atoms with Gasteiger partial charge < -0.3 is 16.4 Å². The number of rotatable bonds is 4. The van der Waals surface area contributed by atoms with Crippen LogP contribution in [0.3, 0.4) is 0 Å². The maximum atomic E-state index is 13.1. The van der Waals surface area contributed by atoms with E-state index in [0.717, 1.165) is 21.9 Å². The Morgan fingerprint density at radius 1 is 1.21 bits per heavy atom. The second-order valence-electron chi connectivity index (χ2n) is 6.98. The van der Waals surface area contributed by atoms with E-state index in [9.17, 15) is 14.0 Å². The number of benzene rings is 1. The molecule has 29 heavy (non-hydrogen) atoms. The lowest BCUT2D eigenvalue weighted by Crippen LogP contribution is -2.21. The smallest absolute Gasteiger partial charge is 0.288 e. The number of aryl methyl sites for hydroxylation is 1. The first-order valence-electron chi connectivity index (χ1n) is 9.07. The monoisotopic (exact) mass is 394 g/mol. The number of hydrogen-bond acceptors (Lipinski definition) is 6. The molecule has 2 heterocycles. The van der Waals surface area contributed by atoms with Gasteiger partial charge >= 0.3 is 0 Å². The minimum absolute atomic E-state index is 0.0861. The van der Waals surface area contributed by atoms with Gasteiger partial charge in [0.25, 0.3) is 5.91 Å². The molecule has 4 N–H and O–H groups in total. The van der Waals surface area contributed by atoms with Gasteiger partial charge in [0.05, 0.1) is 5.92 Å². The molecule has 0 saturated heterocycles. The van der Waals surface area contributed by atoms with E-state index in [4.69, 9.17) is 5.73 Å². The SMILES string of the molecule is CNC(=O)c1ncc(-c2cc(N)c3cnc(NC(=O)[C@H]4C[C@H]4F)cc3c2)c(C)n1. The number of nitrogens with zero attached hydrogens (tertiary/aromatic N) is 3. The van der Waals surface area contributed by atoms with Gasteiger partial charge in [0.15, 0.2) is 0 Å². The van der Waals surface area contributed by atoms with Crippen molar-refractivity contribution in [1.82, 2.24) is 20.3 Å². The number of pyridine rings is 1. The van der Waals surface area contributed by atoms with Crippen LogP contribution in [0.1, 0.15) is 22.7 Å². The van der Waals surface area contributed by atoms with Gasteiger partial charge in [0.2, 0.25) is 11.7 Å². The van der Waals surface area contributed by atoms with Crippen LogP contribution in [0.2, 0.25) is 0 Å². The lowest BCUT2D eigenvalue weighted by Gasteiger charge is -2.11. The fourth-order valence-corrected chi connectivity index (χ4v) is 3.14. The molecule has 2 aromatic heterocycles. The van der Waals surface area contributed by atoms with E-state index in [-0.39, 0.29) is 24.1 Å². The average molecular weight is 394 g/mol. The molecule has 2 atom stereocenters. The molecule has 0 bridgehead atoms. The quantitative estimate of drug-likeness (QED) is 0.583. The van der Waals surface area contributed by atoms with Gasteiger partial charge in [-0.15, -0.1) is 0 Å². The van der Waals surface area contributed by atoms with Gasteiger partial charge in [0.1, 0.15) is 12.0 Å². The highest BCUT2D eigenvalue weighted by atomic mass is 19.1. The Kier molecular flexibility index (Phi) is 4.57. The summed E-state index contributed by atoms with van der Waals surface area (Å²) in [5, 5.41) is 6.61. The number of nitrogens with two attached hydrogens (primary N) is 1. The summed E-state index contributed by atoms with van der Waals surface area (Å²) >= 11 is 0. The maximum absolute atomic E-state index is 13.1. The fraction of sp³-hybridized carbons (Fsp3) is 0.250. The average Bonchev–Trinajstić information content (AvgIpc) is 3.43. The predicted octanol–water partition coefficient (Wildman–Crippen LogP) is 2.24. The van der Waals surface area contributed by atoms with Gasteiger partial charge in [0, 0.05) is 41.8 Å². The second-order valence-corrected chi connectivity index (χ2v) is 6.98. The summed E-state index contributed by atoms with van der Waals surface area (Å²) in [6, 6.07) is 5.35. The standard InChI is InChI=1S/C20H19FN6O2/c1-9-13(7-25-18(26-9)20(29)23-2)10-3-11-5-17(24-8-14(11)16(22)4-10)27-19(28)12-6-15(12)21/h3-5,7-8,12,15H,6,22H2,1-2H3,(H,23,29)(H,24,27,28)/t12-,15+/m0/s1. The minimum Gasteiger partial charge on any atom is -0.398 e. The van der Waals surface area contributed by atoms with Crippen LogP contribution in [0, 0.1) is 12.8 Å². The fourth-order valence-electron chi connectivity index (χ4n) is 3.14. The molecule has 1 saturated carbocycles. The number of carbonyl (C=O) groups is 2. The Morgan fingerprint density at radius 2 is 1.97 bits per heavy atom. The van der Waals surface area contributed by atoms with Crippen molar-refractivity contribution in [3.63, 3.8) is 0 Å². The van der Waals surface area contributed by atoms with E-state index >= 15 is 0 Å². The van der Waals surface area contributed by atoms with Crippen LogP contribution >= 0.6 is 0 Å². The number of fused-ring (bicyclic) bond motifs is 1. The van der Waals surface area contributed by atoms with E-state index in [1.54, 1.807) is 31.5 Å².